The van der Waals surface area contributed by atoms with Gasteiger partial charge in [0.1, 0.15) is 0 Å². The standard InChI is InChI=1S/C54H36N2/c1-3-12-37(13-4-1)38-26-31-45(32-27-38)55(52-21-11-19-50-49-18-9-10-20-51(49)56(54(50)52)44-15-5-2-6-16-44)46-33-28-39(29-34-46)42-30-35-48-43(36-42)25-24-41-23-22-40-14-7-8-17-47(40)53(41)48/h1-36H. The fraction of sp³-hybridized carbons (Fsp3) is 0. The van der Waals surface area contributed by atoms with Crippen molar-refractivity contribution in [2.45, 2.75) is 0 Å². The van der Waals surface area contributed by atoms with E-state index >= 15 is 0 Å². The summed E-state index contributed by atoms with van der Waals surface area (Å²) >= 11 is 0. The van der Waals surface area contributed by atoms with E-state index in [4.69, 9.17) is 0 Å². The Balaban J connectivity index is 1.07. The second-order valence-electron chi connectivity index (χ2n) is 14.5. The Morgan fingerprint density at radius 3 is 1.61 bits per heavy atom. The van der Waals surface area contributed by atoms with Gasteiger partial charge >= 0.3 is 0 Å². The number of rotatable bonds is 6. The molecule has 56 heavy (non-hydrogen) atoms. The van der Waals surface area contributed by atoms with Gasteiger partial charge in [-0.25, -0.2) is 0 Å². The smallest absolute Gasteiger partial charge is 0.0782 e. The van der Waals surface area contributed by atoms with E-state index in [-0.39, 0.29) is 0 Å². The average Bonchev–Trinajstić information content (AvgIpc) is 3.62. The molecule has 10 aromatic carbocycles. The Labute approximate surface area is 325 Å². The molecule has 0 bridgehead atoms. The zero-order valence-electron chi connectivity index (χ0n) is 30.7. The number of benzene rings is 10. The van der Waals surface area contributed by atoms with Crippen LogP contribution in [0.15, 0.2) is 218 Å². The van der Waals surface area contributed by atoms with Crippen molar-refractivity contribution in [3.05, 3.63) is 218 Å². The van der Waals surface area contributed by atoms with Crippen LogP contribution in [0.5, 0.6) is 0 Å². The van der Waals surface area contributed by atoms with E-state index in [0.29, 0.717) is 0 Å². The summed E-state index contributed by atoms with van der Waals surface area (Å²) in [7, 11) is 0. The van der Waals surface area contributed by atoms with Crippen molar-refractivity contribution in [1.82, 2.24) is 4.57 Å². The van der Waals surface area contributed by atoms with Crippen LogP contribution in [0.2, 0.25) is 0 Å². The van der Waals surface area contributed by atoms with E-state index in [1.807, 2.05) is 0 Å². The first-order valence-electron chi connectivity index (χ1n) is 19.3. The fourth-order valence-electron chi connectivity index (χ4n) is 8.71. The average molecular weight is 713 g/mol. The SMILES string of the molecule is c1ccc(-c2ccc(N(c3ccc(-c4ccc5c(ccc6ccc7ccccc7c65)c4)cc3)c3cccc4c5ccccc5n(-c5ccccc5)c34)cc2)cc1. The molecule has 0 atom stereocenters. The van der Waals surface area contributed by atoms with E-state index in [0.717, 1.165) is 22.7 Å². The summed E-state index contributed by atoms with van der Waals surface area (Å²) < 4.78 is 2.42. The van der Waals surface area contributed by atoms with E-state index in [1.165, 1.54) is 76.4 Å². The van der Waals surface area contributed by atoms with E-state index < -0.39 is 0 Å². The molecule has 2 nitrogen and oxygen atoms in total. The molecule has 0 unspecified atom stereocenters. The third-order valence-corrected chi connectivity index (χ3v) is 11.3. The van der Waals surface area contributed by atoms with E-state index in [2.05, 4.69) is 228 Å². The highest BCUT2D eigenvalue weighted by Gasteiger charge is 2.21. The zero-order chi connectivity index (χ0) is 37.0. The van der Waals surface area contributed by atoms with Gasteiger partial charge < -0.3 is 9.47 Å². The summed E-state index contributed by atoms with van der Waals surface area (Å²) in [6.45, 7) is 0. The molecule has 0 aliphatic heterocycles. The summed E-state index contributed by atoms with van der Waals surface area (Å²) in [4.78, 5) is 2.41. The number of aromatic nitrogens is 1. The zero-order valence-corrected chi connectivity index (χ0v) is 30.7. The van der Waals surface area contributed by atoms with Gasteiger partial charge in [0.15, 0.2) is 0 Å². The third kappa shape index (κ3) is 5.26. The van der Waals surface area contributed by atoms with Gasteiger partial charge in [0.25, 0.3) is 0 Å². The summed E-state index contributed by atoms with van der Waals surface area (Å²) in [5.74, 6) is 0. The molecule has 0 aliphatic carbocycles. The number of para-hydroxylation sites is 3. The van der Waals surface area contributed by atoms with Crippen molar-refractivity contribution in [2.24, 2.45) is 0 Å². The van der Waals surface area contributed by atoms with Crippen LogP contribution in [0.4, 0.5) is 17.1 Å². The van der Waals surface area contributed by atoms with Crippen molar-refractivity contribution in [2.75, 3.05) is 4.90 Å². The van der Waals surface area contributed by atoms with Gasteiger partial charge in [0.05, 0.1) is 16.7 Å². The van der Waals surface area contributed by atoms with Gasteiger partial charge in [-0.1, -0.05) is 164 Å². The van der Waals surface area contributed by atoms with Gasteiger partial charge in [0, 0.05) is 27.8 Å². The van der Waals surface area contributed by atoms with Gasteiger partial charge in [-0.15, -0.1) is 0 Å². The van der Waals surface area contributed by atoms with Gasteiger partial charge in [0.2, 0.25) is 0 Å². The minimum atomic E-state index is 1.09. The molecule has 0 radical (unpaired) electrons. The highest BCUT2D eigenvalue weighted by Crippen LogP contribution is 2.44. The summed E-state index contributed by atoms with van der Waals surface area (Å²) in [5, 5.41) is 10.1. The lowest BCUT2D eigenvalue weighted by molar-refractivity contribution is 1.17. The molecular weight excluding hydrogens is 677 g/mol. The lowest BCUT2D eigenvalue weighted by Crippen LogP contribution is -2.11. The van der Waals surface area contributed by atoms with Gasteiger partial charge in [-0.2, -0.15) is 0 Å². The molecule has 0 N–H and O–H groups in total. The molecule has 1 heterocycles. The van der Waals surface area contributed by atoms with Crippen LogP contribution in [0.3, 0.4) is 0 Å². The van der Waals surface area contributed by atoms with Crippen molar-refractivity contribution in [1.29, 1.82) is 0 Å². The number of hydrogen-bond acceptors (Lipinski definition) is 1. The first-order chi connectivity index (χ1) is 27.8. The number of fused-ring (bicyclic) bond motifs is 8. The molecule has 11 aromatic rings. The van der Waals surface area contributed by atoms with Crippen LogP contribution in [0.25, 0.3) is 82.1 Å². The Bertz CT molecular complexity index is 3210. The predicted octanol–water partition coefficient (Wildman–Crippen LogP) is 15.0. The number of nitrogens with zero attached hydrogens (tertiary/aromatic N) is 2. The molecule has 262 valence electrons. The molecule has 0 saturated carbocycles. The van der Waals surface area contributed by atoms with Crippen molar-refractivity contribution >= 4 is 71.2 Å². The van der Waals surface area contributed by atoms with Crippen LogP contribution in [0, 0.1) is 0 Å². The number of anilines is 3. The fourth-order valence-corrected chi connectivity index (χ4v) is 8.71. The van der Waals surface area contributed by atoms with Crippen LogP contribution in [0.1, 0.15) is 0 Å². The van der Waals surface area contributed by atoms with Crippen LogP contribution < -0.4 is 4.90 Å². The van der Waals surface area contributed by atoms with E-state index in [1.54, 1.807) is 0 Å². The predicted molar refractivity (Wildman–Crippen MR) is 239 cm³/mol. The Kier molecular flexibility index (Phi) is 7.53. The third-order valence-electron chi connectivity index (χ3n) is 11.3. The van der Waals surface area contributed by atoms with Crippen molar-refractivity contribution in [3.8, 4) is 27.9 Å². The summed E-state index contributed by atoms with van der Waals surface area (Å²) in [6.07, 6.45) is 0. The topological polar surface area (TPSA) is 8.17 Å². The molecule has 0 saturated heterocycles. The molecular formula is C54H36N2. The monoisotopic (exact) mass is 712 g/mol. The second-order valence-corrected chi connectivity index (χ2v) is 14.5. The van der Waals surface area contributed by atoms with Crippen LogP contribution in [-0.4, -0.2) is 4.57 Å². The Morgan fingerprint density at radius 1 is 0.321 bits per heavy atom. The largest absolute Gasteiger partial charge is 0.308 e. The minimum Gasteiger partial charge on any atom is -0.308 e. The highest BCUT2D eigenvalue weighted by molar-refractivity contribution is 6.20. The Hall–Kier alpha value is -7.42. The number of hydrogen-bond donors (Lipinski definition) is 0. The quantitative estimate of drug-likeness (QED) is 0.156. The first-order valence-corrected chi connectivity index (χ1v) is 19.3. The molecule has 2 heteroatoms. The van der Waals surface area contributed by atoms with Crippen molar-refractivity contribution < 1.29 is 0 Å². The molecule has 0 aliphatic rings. The summed E-state index contributed by atoms with van der Waals surface area (Å²) in [5.41, 5.74) is 11.6. The summed E-state index contributed by atoms with van der Waals surface area (Å²) in [6, 6.07) is 79.4. The molecule has 0 fully saturated rings. The molecule has 0 spiro atoms. The normalized spacial score (nSPS) is 11.6. The maximum Gasteiger partial charge on any atom is 0.0782 e. The first kappa shape index (κ1) is 32.0. The lowest BCUT2D eigenvalue weighted by atomic mass is 9.94. The van der Waals surface area contributed by atoms with Crippen LogP contribution >= 0.6 is 0 Å². The Morgan fingerprint density at radius 2 is 0.857 bits per heavy atom. The highest BCUT2D eigenvalue weighted by atomic mass is 15.2. The molecule has 1 aromatic heterocycles. The lowest BCUT2D eigenvalue weighted by Gasteiger charge is -2.27. The maximum atomic E-state index is 2.42. The van der Waals surface area contributed by atoms with Gasteiger partial charge in [-0.3, -0.25) is 0 Å². The second kappa shape index (κ2) is 13.2. The minimum absolute atomic E-state index is 1.09. The van der Waals surface area contributed by atoms with E-state index in [9.17, 15) is 0 Å². The molecule has 0 amide bonds. The maximum absolute atomic E-state index is 2.42. The van der Waals surface area contributed by atoms with Crippen LogP contribution in [-0.2, 0) is 0 Å². The van der Waals surface area contributed by atoms with Crippen molar-refractivity contribution in [3.63, 3.8) is 0 Å². The molecule has 11 rings (SSSR count). The van der Waals surface area contributed by atoms with Gasteiger partial charge in [-0.05, 0) is 109 Å².